The number of amides is 1. The van der Waals surface area contributed by atoms with Crippen molar-refractivity contribution >= 4 is 5.91 Å². The van der Waals surface area contributed by atoms with Gasteiger partial charge in [0.1, 0.15) is 0 Å². The second-order valence-electron chi connectivity index (χ2n) is 7.73. The minimum Gasteiger partial charge on any atom is -0.350 e. The molecule has 0 aromatic heterocycles. The maximum absolute atomic E-state index is 12.9. The van der Waals surface area contributed by atoms with Crippen LogP contribution in [0.1, 0.15) is 43.7 Å². The molecule has 2 bridgehead atoms. The lowest BCUT2D eigenvalue weighted by molar-refractivity contribution is -0.128. The summed E-state index contributed by atoms with van der Waals surface area (Å²) in [5.41, 5.74) is 14.0. The van der Waals surface area contributed by atoms with Crippen molar-refractivity contribution in [1.29, 1.82) is 0 Å². The van der Waals surface area contributed by atoms with Crippen molar-refractivity contribution in [3.63, 3.8) is 0 Å². The summed E-state index contributed by atoms with van der Waals surface area (Å²) < 4.78 is 0. The molecule has 1 aromatic rings. The zero-order chi connectivity index (χ0) is 16.5. The Hall–Kier alpha value is -1.43. The maximum Gasteiger partial charge on any atom is 0.223 e. The summed E-state index contributed by atoms with van der Waals surface area (Å²) in [6.45, 7) is 0.754. The van der Waals surface area contributed by atoms with Gasteiger partial charge in [-0.3, -0.25) is 10.2 Å². The summed E-state index contributed by atoms with van der Waals surface area (Å²) in [4.78, 5) is 12.9. The molecule has 5 heteroatoms. The molecule has 0 spiro atoms. The Morgan fingerprint density at radius 1 is 1.12 bits per heavy atom. The van der Waals surface area contributed by atoms with Crippen LogP contribution >= 0.6 is 0 Å². The lowest BCUT2D eigenvalue weighted by atomic mass is 9.65. The van der Waals surface area contributed by atoms with Gasteiger partial charge in [-0.2, -0.15) is 0 Å². The summed E-state index contributed by atoms with van der Waals surface area (Å²) in [6, 6.07) is 10.8. The summed E-state index contributed by atoms with van der Waals surface area (Å²) >= 11 is 0. The monoisotopic (exact) mass is 328 g/mol. The van der Waals surface area contributed by atoms with E-state index in [1.807, 2.05) is 18.2 Å². The molecule has 24 heavy (non-hydrogen) atoms. The number of carbonyl (C=O) groups is 1. The van der Waals surface area contributed by atoms with Gasteiger partial charge in [0.2, 0.25) is 5.91 Å². The minimum atomic E-state index is 0.0929. The van der Waals surface area contributed by atoms with E-state index in [0.29, 0.717) is 17.9 Å². The number of nitrogens with one attached hydrogen (secondary N) is 3. The second-order valence-corrected chi connectivity index (χ2v) is 7.73. The van der Waals surface area contributed by atoms with Crippen LogP contribution in [0.25, 0.3) is 0 Å². The van der Waals surface area contributed by atoms with E-state index in [9.17, 15) is 4.79 Å². The Morgan fingerprint density at radius 3 is 2.54 bits per heavy atom. The van der Waals surface area contributed by atoms with Crippen LogP contribution in [-0.2, 0) is 4.79 Å². The van der Waals surface area contributed by atoms with Gasteiger partial charge >= 0.3 is 0 Å². The molecule has 4 unspecified atom stereocenters. The van der Waals surface area contributed by atoms with Crippen LogP contribution < -0.4 is 21.9 Å². The fourth-order valence-corrected chi connectivity index (χ4v) is 4.91. The van der Waals surface area contributed by atoms with Crippen molar-refractivity contribution in [1.82, 2.24) is 16.2 Å². The van der Waals surface area contributed by atoms with Crippen molar-refractivity contribution < 1.29 is 4.79 Å². The van der Waals surface area contributed by atoms with Gasteiger partial charge in [0.05, 0.1) is 12.1 Å². The molecular weight excluding hydrogens is 300 g/mol. The van der Waals surface area contributed by atoms with Crippen molar-refractivity contribution in [3.05, 3.63) is 35.9 Å². The molecule has 1 aliphatic heterocycles. The first-order valence-corrected chi connectivity index (χ1v) is 9.31. The number of hydrazine groups is 1. The minimum absolute atomic E-state index is 0.0929. The third-order valence-electron chi connectivity index (χ3n) is 6.25. The summed E-state index contributed by atoms with van der Waals surface area (Å²) in [6.07, 6.45) is 5.60. The third-order valence-corrected chi connectivity index (χ3v) is 6.25. The van der Waals surface area contributed by atoms with E-state index >= 15 is 0 Å². The summed E-state index contributed by atoms with van der Waals surface area (Å²) in [7, 11) is 0. The van der Waals surface area contributed by atoms with Crippen LogP contribution in [0.2, 0.25) is 0 Å². The molecule has 1 aromatic carbocycles. The molecule has 2 aliphatic carbocycles. The largest absolute Gasteiger partial charge is 0.350 e. The van der Waals surface area contributed by atoms with E-state index in [4.69, 9.17) is 5.73 Å². The topological polar surface area (TPSA) is 79.2 Å². The normalized spacial score (nSPS) is 38.7. The third kappa shape index (κ3) is 3.08. The molecule has 5 nitrogen and oxygen atoms in total. The number of carbonyl (C=O) groups excluding carboxylic acids is 1. The van der Waals surface area contributed by atoms with E-state index in [0.717, 1.165) is 19.4 Å². The van der Waals surface area contributed by atoms with Gasteiger partial charge < -0.3 is 11.1 Å². The summed E-state index contributed by atoms with van der Waals surface area (Å²) in [5.74, 6) is 1.43. The fraction of sp³-hybridized carbons (Fsp3) is 0.632. The van der Waals surface area contributed by atoms with Crippen LogP contribution in [0.3, 0.4) is 0 Å². The highest BCUT2D eigenvalue weighted by atomic mass is 16.2. The molecule has 130 valence electrons. The highest BCUT2D eigenvalue weighted by Crippen LogP contribution is 2.42. The van der Waals surface area contributed by atoms with Crippen molar-refractivity contribution in [3.8, 4) is 0 Å². The van der Waals surface area contributed by atoms with Crippen LogP contribution in [-0.4, -0.2) is 24.5 Å². The SMILES string of the molecule is NC1C2CCCC1CC(C(=O)NC1CNNC1c1ccccc1)C2. The second kappa shape index (κ2) is 6.82. The van der Waals surface area contributed by atoms with Crippen molar-refractivity contribution in [2.24, 2.45) is 23.5 Å². The molecule has 2 saturated carbocycles. The van der Waals surface area contributed by atoms with E-state index < -0.39 is 0 Å². The number of rotatable bonds is 3. The molecule has 1 amide bonds. The number of hydrogen-bond acceptors (Lipinski definition) is 4. The molecule has 0 radical (unpaired) electrons. The van der Waals surface area contributed by atoms with Crippen LogP contribution in [0.5, 0.6) is 0 Å². The van der Waals surface area contributed by atoms with E-state index in [1.54, 1.807) is 0 Å². The van der Waals surface area contributed by atoms with Gasteiger partial charge in [0, 0.05) is 18.5 Å². The van der Waals surface area contributed by atoms with Crippen molar-refractivity contribution in [2.45, 2.75) is 50.2 Å². The Labute approximate surface area is 143 Å². The number of nitrogens with two attached hydrogens (primary N) is 1. The first kappa shape index (κ1) is 16.1. The highest BCUT2D eigenvalue weighted by molar-refractivity contribution is 5.79. The highest BCUT2D eigenvalue weighted by Gasteiger charge is 2.41. The Kier molecular flexibility index (Phi) is 4.57. The first-order valence-electron chi connectivity index (χ1n) is 9.31. The van der Waals surface area contributed by atoms with Gasteiger partial charge in [0.15, 0.2) is 0 Å². The van der Waals surface area contributed by atoms with Gasteiger partial charge in [-0.05, 0) is 43.1 Å². The maximum atomic E-state index is 12.9. The van der Waals surface area contributed by atoms with E-state index in [1.165, 1.54) is 24.8 Å². The predicted molar refractivity (Wildman–Crippen MR) is 93.8 cm³/mol. The molecule has 3 fully saturated rings. The van der Waals surface area contributed by atoms with E-state index in [-0.39, 0.29) is 23.9 Å². The smallest absolute Gasteiger partial charge is 0.223 e. The van der Waals surface area contributed by atoms with Crippen LogP contribution in [0.4, 0.5) is 0 Å². The van der Waals surface area contributed by atoms with Gasteiger partial charge in [-0.25, -0.2) is 5.43 Å². The first-order chi connectivity index (χ1) is 11.7. The molecular formula is C19H28N4O. The quantitative estimate of drug-likeness (QED) is 0.678. The van der Waals surface area contributed by atoms with Crippen LogP contribution in [0, 0.1) is 17.8 Å². The van der Waals surface area contributed by atoms with Gasteiger partial charge in [-0.15, -0.1) is 0 Å². The molecule has 4 atom stereocenters. The molecule has 3 aliphatic rings. The molecule has 5 N–H and O–H groups in total. The summed E-state index contributed by atoms with van der Waals surface area (Å²) in [5, 5.41) is 3.30. The zero-order valence-electron chi connectivity index (χ0n) is 14.1. The lowest BCUT2D eigenvalue weighted by Crippen LogP contribution is -2.51. The lowest BCUT2D eigenvalue weighted by Gasteiger charge is -2.43. The molecule has 4 rings (SSSR count). The number of hydrogen-bond donors (Lipinski definition) is 4. The van der Waals surface area contributed by atoms with Gasteiger partial charge in [0.25, 0.3) is 0 Å². The standard InChI is InChI=1S/C19H28N4O/c20-17-13-7-4-8-14(17)10-15(9-13)19(24)22-16-11-21-23-18(16)12-5-2-1-3-6-12/h1-3,5-6,13-18,21,23H,4,7-11,20H2,(H,22,24). The van der Waals surface area contributed by atoms with Crippen LogP contribution in [0.15, 0.2) is 30.3 Å². The predicted octanol–water partition coefficient (Wildman–Crippen LogP) is 1.47. The Balaban J connectivity index is 1.41. The zero-order valence-corrected chi connectivity index (χ0v) is 14.1. The number of fused-ring (bicyclic) bond motifs is 2. The fourth-order valence-electron chi connectivity index (χ4n) is 4.91. The molecule has 1 heterocycles. The number of benzene rings is 1. The average Bonchev–Trinajstić information content (AvgIpc) is 3.03. The van der Waals surface area contributed by atoms with Gasteiger partial charge in [-0.1, -0.05) is 36.8 Å². The van der Waals surface area contributed by atoms with E-state index in [2.05, 4.69) is 28.3 Å². The Morgan fingerprint density at radius 2 is 1.83 bits per heavy atom. The average molecular weight is 328 g/mol. The molecule has 1 saturated heterocycles. The Bertz CT molecular complexity index is 564. The van der Waals surface area contributed by atoms with Crippen molar-refractivity contribution in [2.75, 3.05) is 6.54 Å².